The Labute approximate surface area is 83.9 Å². The standard InChI is InChI=1S/C10H17N3O/c1-8-9(5-11-12-8)6-13-4-2-3-10(13)7-14/h5,10,14H,2-4,6-7H2,1H3,(H,11,12). The van der Waals surface area contributed by atoms with E-state index >= 15 is 0 Å². The van der Waals surface area contributed by atoms with E-state index in [0.29, 0.717) is 6.04 Å². The number of aryl methyl sites for hydroxylation is 1. The number of aromatic nitrogens is 2. The lowest BCUT2D eigenvalue weighted by Crippen LogP contribution is -2.31. The Balaban J connectivity index is 2.00. The summed E-state index contributed by atoms with van der Waals surface area (Å²) in [5.41, 5.74) is 2.37. The first kappa shape index (κ1) is 9.68. The van der Waals surface area contributed by atoms with Crippen molar-refractivity contribution in [3.05, 3.63) is 17.5 Å². The molecule has 2 N–H and O–H groups in total. The van der Waals surface area contributed by atoms with Crippen LogP contribution in [0.25, 0.3) is 0 Å². The highest BCUT2D eigenvalue weighted by molar-refractivity contribution is 5.14. The number of likely N-dealkylation sites (tertiary alicyclic amines) is 1. The van der Waals surface area contributed by atoms with Gasteiger partial charge in [0.2, 0.25) is 0 Å². The highest BCUT2D eigenvalue weighted by Gasteiger charge is 2.24. The van der Waals surface area contributed by atoms with Gasteiger partial charge in [0.05, 0.1) is 12.8 Å². The number of aliphatic hydroxyl groups excluding tert-OH is 1. The third-order valence-corrected chi connectivity index (χ3v) is 3.02. The summed E-state index contributed by atoms with van der Waals surface area (Å²) in [6, 6.07) is 0.351. The monoisotopic (exact) mass is 195 g/mol. The fraction of sp³-hybridized carbons (Fsp3) is 0.700. The molecule has 0 aromatic carbocycles. The maximum absolute atomic E-state index is 9.17. The number of aliphatic hydroxyl groups is 1. The molecule has 2 rings (SSSR count). The van der Waals surface area contributed by atoms with Crippen LogP contribution >= 0.6 is 0 Å². The number of hydrogen-bond donors (Lipinski definition) is 2. The molecule has 1 atom stereocenters. The molecule has 1 fully saturated rings. The average Bonchev–Trinajstić information content (AvgIpc) is 2.77. The molecule has 0 saturated carbocycles. The van der Waals surface area contributed by atoms with E-state index in [0.717, 1.165) is 25.2 Å². The van der Waals surface area contributed by atoms with E-state index < -0.39 is 0 Å². The highest BCUT2D eigenvalue weighted by Crippen LogP contribution is 2.19. The molecule has 1 unspecified atom stereocenters. The summed E-state index contributed by atoms with van der Waals surface area (Å²) >= 11 is 0. The van der Waals surface area contributed by atoms with Crippen LogP contribution in [0.15, 0.2) is 6.20 Å². The Morgan fingerprint density at radius 3 is 3.21 bits per heavy atom. The van der Waals surface area contributed by atoms with Gasteiger partial charge in [0, 0.05) is 23.8 Å². The molecule has 1 aliphatic rings. The minimum absolute atomic E-state index is 0.275. The van der Waals surface area contributed by atoms with Gasteiger partial charge < -0.3 is 5.11 Å². The van der Waals surface area contributed by atoms with E-state index in [2.05, 4.69) is 15.1 Å². The lowest BCUT2D eigenvalue weighted by molar-refractivity contribution is 0.153. The van der Waals surface area contributed by atoms with Crippen molar-refractivity contribution in [3.63, 3.8) is 0 Å². The zero-order valence-corrected chi connectivity index (χ0v) is 8.53. The van der Waals surface area contributed by atoms with Crippen molar-refractivity contribution in [2.24, 2.45) is 0 Å². The maximum Gasteiger partial charge on any atom is 0.0587 e. The summed E-state index contributed by atoms with van der Waals surface area (Å²) in [6.45, 7) is 4.31. The Kier molecular flexibility index (Phi) is 2.84. The van der Waals surface area contributed by atoms with Crippen molar-refractivity contribution in [1.29, 1.82) is 0 Å². The predicted molar refractivity (Wildman–Crippen MR) is 53.8 cm³/mol. The number of nitrogens with one attached hydrogen (secondary N) is 1. The van der Waals surface area contributed by atoms with Crippen LogP contribution in [0.3, 0.4) is 0 Å². The van der Waals surface area contributed by atoms with Gasteiger partial charge in [0.1, 0.15) is 0 Å². The average molecular weight is 195 g/mol. The maximum atomic E-state index is 9.17. The van der Waals surface area contributed by atoms with Crippen LogP contribution in [0, 0.1) is 6.92 Å². The van der Waals surface area contributed by atoms with Crippen LogP contribution in [0.2, 0.25) is 0 Å². The van der Waals surface area contributed by atoms with E-state index in [4.69, 9.17) is 5.11 Å². The summed E-state index contributed by atoms with van der Waals surface area (Å²) < 4.78 is 0. The lowest BCUT2D eigenvalue weighted by Gasteiger charge is -2.22. The van der Waals surface area contributed by atoms with Gasteiger partial charge in [0.25, 0.3) is 0 Å². The summed E-state index contributed by atoms with van der Waals surface area (Å²) in [4.78, 5) is 2.33. The largest absolute Gasteiger partial charge is 0.395 e. The molecule has 0 radical (unpaired) electrons. The van der Waals surface area contributed by atoms with Crippen LogP contribution in [0.5, 0.6) is 0 Å². The van der Waals surface area contributed by atoms with Crippen LogP contribution < -0.4 is 0 Å². The lowest BCUT2D eigenvalue weighted by atomic mass is 10.2. The molecule has 1 aromatic rings. The van der Waals surface area contributed by atoms with Crippen molar-refractivity contribution in [2.45, 2.75) is 32.4 Å². The van der Waals surface area contributed by atoms with Gasteiger partial charge in [-0.15, -0.1) is 0 Å². The van der Waals surface area contributed by atoms with Gasteiger partial charge >= 0.3 is 0 Å². The topological polar surface area (TPSA) is 52.2 Å². The molecule has 78 valence electrons. The molecular weight excluding hydrogens is 178 g/mol. The summed E-state index contributed by atoms with van der Waals surface area (Å²) in [7, 11) is 0. The third kappa shape index (κ3) is 1.81. The van der Waals surface area contributed by atoms with Crippen molar-refractivity contribution in [1.82, 2.24) is 15.1 Å². The third-order valence-electron chi connectivity index (χ3n) is 3.02. The van der Waals surface area contributed by atoms with Crippen LogP contribution in [-0.4, -0.2) is 39.4 Å². The minimum atomic E-state index is 0.275. The molecule has 0 spiro atoms. The number of nitrogens with zero attached hydrogens (tertiary/aromatic N) is 2. The van der Waals surface area contributed by atoms with Crippen molar-refractivity contribution in [3.8, 4) is 0 Å². The Hall–Kier alpha value is -0.870. The number of hydrogen-bond acceptors (Lipinski definition) is 3. The molecular formula is C10H17N3O. The second kappa shape index (κ2) is 4.11. The molecule has 4 nitrogen and oxygen atoms in total. The Bertz CT molecular complexity index is 297. The van der Waals surface area contributed by atoms with E-state index in [1.165, 1.54) is 12.0 Å². The second-order valence-corrected chi connectivity index (χ2v) is 3.97. The summed E-state index contributed by atoms with van der Waals surface area (Å²) in [5, 5.41) is 16.1. The van der Waals surface area contributed by atoms with Gasteiger partial charge in [0.15, 0.2) is 0 Å². The molecule has 0 bridgehead atoms. The molecule has 1 aliphatic heterocycles. The Morgan fingerprint density at radius 2 is 2.57 bits per heavy atom. The molecule has 0 aliphatic carbocycles. The first-order valence-corrected chi connectivity index (χ1v) is 5.15. The fourth-order valence-electron chi connectivity index (χ4n) is 2.06. The van der Waals surface area contributed by atoms with Crippen LogP contribution in [0.1, 0.15) is 24.1 Å². The van der Waals surface area contributed by atoms with Gasteiger partial charge in [-0.2, -0.15) is 5.10 Å². The number of aromatic amines is 1. The molecule has 4 heteroatoms. The molecule has 2 heterocycles. The predicted octanol–water partition coefficient (Wildman–Crippen LogP) is 0.675. The minimum Gasteiger partial charge on any atom is -0.395 e. The van der Waals surface area contributed by atoms with E-state index in [9.17, 15) is 0 Å². The van der Waals surface area contributed by atoms with E-state index in [-0.39, 0.29) is 6.61 Å². The first-order chi connectivity index (χ1) is 6.81. The van der Waals surface area contributed by atoms with E-state index in [1.807, 2.05) is 13.1 Å². The SMILES string of the molecule is Cc1[nH]ncc1CN1CCCC1CO. The summed E-state index contributed by atoms with van der Waals surface area (Å²) in [5.74, 6) is 0. The van der Waals surface area contributed by atoms with Gasteiger partial charge in [-0.1, -0.05) is 0 Å². The van der Waals surface area contributed by atoms with Gasteiger partial charge in [-0.05, 0) is 26.3 Å². The first-order valence-electron chi connectivity index (χ1n) is 5.15. The van der Waals surface area contributed by atoms with Gasteiger partial charge in [-0.3, -0.25) is 10.00 Å². The van der Waals surface area contributed by atoms with Crippen molar-refractivity contribution in [2.75, 3.05) is 13.2 Å². The highest BCUT2D eigenvalue weighted by atomic mass is 16.3. The van der Waals surface area contributed by atoms with Crippen LogP contribution in [-0.2, 0) is 6.54 Å². The molecule has 1 saturated heterocycles. The molecule has 14 heavy (non-hydrogen) atoms. The zero-order chi connectivity index (χ0) is 9.97. The Morgan fingerprint density at radius 1 is 1.71 bits per heavy atom. The summed E-state index contributed by atoms with van der Waals surface area (Å²) in [6.07, 6.45) is 4.19. The molecule has 0 amide bonds. The second-order valence-electron chi connectivity index (χ2n) is 3.97. The smallest absolute Gasteiger partial charge is 0.0587 e. The zero-order valence-electron chi connectivity index (χ0n) is 8.53. The van der Waals surface area contributed by atoms with Gasteiger partial charge in [-0.25, -0.2) is 0 Å². The quantitative estimate of drug-likeness (QED) is 0.745. The van der Waals surface area contributed by atoms with E-state index in [1.54, 1.807) is 0 Å². The number of H-pyrrole nitrogens is 1. The number of rotatable bonds is 3. The van der Waals surface area contributed by atoms with Crippen molar-refractivity contribution < 1.29 is 5.11 Å². The fourth-order valence-corrected chi connectivity index (χ4v) is 2.06. The van der Waals surface area contributed by atoms with Crippen LogP contribution in [0.4, 0.5) is 0 Å². The normalized spacial score (nSPS) is 23.1. The molecule has 1 aromatic heterocycles. The van der Waals surface area contributed by atoms with Crippen molar-refractivity contribution >= 4 is 0 Å².